The number of amides is 1. The van der Waals surface area contributed by atoms with Crippen molar-refractivity contribution < 1.29 is 19.1 Å². The van der Waals surface area contributed by atoms with Crippen molar-refractivity contribution in [2.24, 2.45) is 0 Å². The van der Waals surface area contributed by atoms with Gasteiger partial charge in [0, 0.05) is 38.9 Å². The number of nitrogens with zero attached hydrogens (tertiary/aromatic N) is 2. The van der Waals surface area contributed by atoms with Crippen molar-refractivity contribution in [2.75, 3.05) is 19.3 Å². The summed E-state index contributed by atoms with van der Waals surface area (Å²) in [6.07, 6.45) is 1.88. The van der Waals surface area contributed by atoms with Gasteiger partial charge in [0.2, 0.25) is 5.91 Å². The molecule has 0 bridgehead atoms. The van der Waals surface area contributed by atoms with Crippen molar-refractivity contribution in [3.63, 3.8) is 0 Å². The number of likely N-dealkylation sites (N-methyl/N-ethyl adjacent to an activating group) is 1. The molecule has 2 aromatic carbocycles. The number of carbonyl (C=O) groups is 3. The normalized spacial score (nSPS) is 15.9. The minimum absolute atomic E-state index is 0.0366. The van der Waals surface area contributed by atoms with E-state index in [1.807, 2.05) is 72.6 Å². The minimum atomic E-state index is -0.754. The number of thioether (sulfide) groups is 1. The molecule has 1 atom stereocenters. The molecule has 1 aliphatic heterocycles. The molecular formula is C24H26N2O4S. The molecule has 0 saturated heterocycles. The van der Waals surface area contributed by atoms with Crippen LogP contribution < -0.4 is 0 Å². The third kappa shape index (κ3) is 6.21. The molecule has 0 radical (unpaired) electrons. The van der Waals surface area contributed by atoms with Crippen LogP contribution in [0.25, 0.3) is 5.70 Å². The number of carbonyl (C=O) groups excluding carboxylic acids is 3. The van der Waals surface area contributed by atoms with Gasteiger partial charge in [-0.3, -0.25) is 9.59 Å². The fraction of sp³-hybridized carbons (Fsp3) is 0.292. The van der Waals surface area contributed by atoms with E-state index in [4.69, 9.17) is 4.74 Å². The summed E-state index contributed by atoms with van der Waals surface area (Å²) >= 11 is 1.10. The van der Waals surface area contributed by atoms with Crippen molar-refractivity contribution in [1.82, 2.24) is 9.80 Å². The number of hydrogen-bond donors (Lipinski definition) is 0. The Bertz CT molecular complexity index is 947. The minimum Gasteiger partial charge on any atom is -0.459 e. The first-order chi connectivity index (χ1) is 15.0. The summed E-state index contributed by atoms with van der Waals surface area (Å²) in [6.45, 7) is 1.94. The zero-order chi connectivity index (χ0) is 22.2. The van der Waals surface area contributed by atoms with E-state index in [-0.39, 0.29) is 24.1 Å². The topological polar surface area (TPSA) is 66.9 Å². The lowest BCUT2D eigenvalue weighted by molar-refractivity contribution is -0.155. The number of benzene rings is 2. The Labute approximate surface area is 186 Å². The Morgan fingerprint density at radius 3 is 2.32 bits per heavy atom. The van der Waals surface area contributed by atoms with Gasteiger partial charge in [-0.05, 0) is 11.1 Å². The average Bonchev–Trinajstić information content (AvgIpc) is 2.78. The molecule has 1 amide bonds. The predicted molar refractivity (Wildman–Crippen MR) is 122 cm³/mol. The quantitative estimate of drug-likeness (QED) is 0.616. The van der Waals surface area contributed by atoms with Gasteiger partial charge in [-0.15, -0.1) is 0 Å². The zero-order valence-electron chi connectivity index (χ0n) is 17.7. The maximum Gasteiger partial charge on any atom is 0.331 e. The van der Waals surface area contributed by atoms with Crippen molar-refractivity contribution >= 4 is 34.5 Å². The molecule has 7 heteroatoms. The van der Waals surface area contributed by atoms with E-state index in [0.717, 1.165) is 28.6 Å². The second kappa shape index (κ2) is 10.8. The molecule has 1 aliphatic rings. The molecule has 0 fully saturated rings. The summed E-state index contributed by atoms with van der Waals surface area (Å²) in [5, 5.41) is -0.0366. The second-order valence-corrected chi connectivity index (χ2v) is 8.53. The molecular weight excluding hydrogens is 412 g/mol. The molecule has 3 rings (SSSR count). The molecule has 0 N–H and O–H groups in total. The molecule has 0 aliphatic carbocycles. The number of hydrogen-bond acceptors (Lipinski definition) is 6. The van der Waals surface area contributed by atoms with Gasteiger partial charge in [-0.1, -0.05) is 72.4 Å². The highest BCUT2D eigenvalue weighted by molar-refractivity contribution is 8.13. The highest BCUT2D eigenvalue weighted by Crippen LogP contribution is 2.26. The van der Waals surface area contributed by atoms with Gasteiger partial charge in [0.05, 0.1) is 5.70 Å². The van der Waals surface area contributed by atoms with E-state index in [2.05, 4.69) is 0 Å². The Balaban J connectivity index is 1.80. The lowest BCUT2D eigenvalue weighted by atomic mass is 10.1. The molecule has 162 valence electrons. The van der Waals surface area contributed by atoms with E-state index in [1.165, 1.54) is 11.8 Å². The van der Waals surface area contributed by atoms with Gasteiger partial charge in [0.1, 0.15) is 6.61 Å². The first kappa shape index (κ1) is 22.6. The van der Waals surface area contributed by atoms with Crippen LogP contribution in [0.4, 0.5) is 0 Å². The summed E-state index contributed by atoms with van der Waals surface area (Å²) < 4.78 is 5.53. The molecule has 6 nitrogen and oxygen atoms in total. The maximum absolute atomic E-state index is 13.0. The number of rotatable bonds is 7. The van der Waals surface area contributed by atoms with Crippen LogP contribution in [0, 0.1) is 0 Å². The van der Waals surface area contributed by atoms with Crippen LogP contribution in [0.2, 0.25) is 0 Å². The summed E-state index contributed by atoms with van der Waals surface area (Å²) in [5.41, 5.74) is 2.69. The van der Waals surface area contributed by atoms with Gasteiger partial charge >= 0.3 is 5.97 Å². The van der Waals surface area contributed by atoms with Crippen LogP contribution in [-0.2, 0) is 25.7 Å². The average molecular weight is 439 g/mol. The van der Waals surface area contributed by atoms with Gasteiger partial charge in [0.25, 0.3) is 0 Å². The Hall–Kier alpha value is -3.06. The summed E-state index contributed by atoms with van der Waals surface area (Å²) in [5.74, 6) is -0.288. The van der Waals surface area contributed by atoms with Crippen molar-refractivity contribution in [2.45, 2.75) is 26.0 Å². The van der Waals surface area contributed by atoms with Crippen molar-refractivity contribution in [3.8, 4) is 0 Å². The molecule has 1 heterocycles. The smallest absolute Gasteiger partial charge is 0.331 e. The van der Waals surface area contributed by atoms with Crippen LogP contribution in [0.15, 0.2) is 66.9 Å². The Kier molecular flexibility index (Phi) is 7.89. The van der Waals surface area contributed by atoms with Gasteiger partial charge in [-0.2, -0.15) is 0 Å². The SMILES string of the molecule is CC(=O)SCCC(=O)N1C=C(c2ccccc2)N(C)CC1C(=O)OCc1ccccc1. The molecule has 1 unspecified atom stereocenters. The van der Waals surface area contributed by atoms with E-state index in [1.54, 1.807) is 6.20 Å². The first-order valence-electron chi connectivity index (χ1n) is 10.1. The van der Waals surface area contributed by atoms with Gasteiger partial charge in [-0.25, -0.2) is 4.79 Å². The van der Waals surface area contributed by atoms with Crippen LogP contribution in [-0.4, -0.2) is 52.2 Å². The standard InChI is InChI=1S/C24H26N2O4S/c1-18(27)31-14-13-23(28)26-16-21(20-11-7-4-8-12-20)25(2)15-22(26)24(29)30-17-19-9-5-3-6-10-19/h3-12,16,22H,13-15,17H2,1-2H3. The van der Waals surface area contributed by atoms with E-state index in [0.29, 0.717) is 12.3 Å². The van der Waals surface area contributed by atoms with Crippen molar-refractivity contribution in [3.05, 3.63) is 78.0 Å². The number of esters is 1. The van der Waals surface area contributed by atoms with E-state index in [9.17, 15) is 14.4 Å². The fourth-order valence-electron chi connectivity index (χ4n) is 3.34. The van der Waals surface area contributed by atoms with E-state index < -0.39 is 12.0 Å². The Morgan fingerprint density at radius 1 is 1.03 bits per heavy atom. The molecule has 0 spiro atoms. The zero-order valence-corrected chi connectivity index (χ0v) is 18.5. The molecule has 2 aromatic rings. The van der Waals surface area contributed by atoms with Crippen LogP contribution in [0.1, 0.15) is 24.5 Å². The van der Waals surface area contributed by atoms with E-state index >= 15 is 0 Å². The lowest BCUT2D eigenvalue weighted by Gasteiger charge is -2.38. The maximum atomic E-state index is 13.0. The largest absolute Gasteiger partial charge is 0.459 e. The van der Waals surface area contributed by atoms with Gasteiger partial charge < -0.3 is 14.5 Å². The molecule has 0 aromatic heterocycles. The van der Waals surface area contributed by atoms with Gasteiger partial charge in [0.15, 0.2) is 11.2 Å². The predicted octanol–water partition coefficient (Wildman–Crippen LogP) is 3.54. The summed E-state index contributed by atoms with van der Waals surface area (Å²) in [4.78, 5) is 40.6. The molecule has 31 heavy (non-hydrogen) atoms. The second-order valence-electron chi connectivity index (χ2n) is 7.26. The summed E-state index contributed by atoms with van der Waals surface area (Å²) in [7, 11) is 1.89. The fourth-order valence-corrected chi connectivity index (χ4v) is 3.90. The number of ether oxygens (including phenoxy) is 1. The van der Waals surface area contributed by atoms with Crippen molar-refractivity contribution in [1.29, 1.82) is 0 Å². The van der Waals surface area contributed by atoms with Crippen LogP contribution >= 0.6 is 11.8 Å². The summed E-state index contributed by atoms with van der Waals surface area (Å²) in [6, 6.07) is 18.4. The highest BCUT2D eigenvalue weighted by Gasteiger charge is 2.35. The van der Waals surface area contributed by atoms with Crippen LogP contribution in [0.3, 0.4) is 0 Å². The third-order valence-corrected chi connectivity index (χ3v) is 5.74. The Morgan fingerprint density at radius 2 is 1.68 bits per heavy atom. The first-order valence-corrected chi connectivity index (χ1v) is 11.1. The lowest BCUT2D eigenvalue weighted by Crippen LogP contribution is -2.51. The molecule has 0 saturated carbocycles. The highest BCUT2D eigenvalue weighted by atomic mass is 32.2. The monoisotopic (exact) mass is 438 g/mol. The third-order valence-electron chi connectivity index (χ3n) is 4.93. The van der Waals surface area contributed by atoms with Crippen LogP contribution in [0.5, 0.6) is 0 Å².